The Morgan fingerprint density at radius 2 is 1.86 bits per heavy atom. The summed E-state index contributed by atoms with van der Waals surface area (Å²) in [5, 5.41) is 10.2. The molecule has 0 radical (unpaired) electrons. The molecule has 3 aromatic rings. The molecular weight excluding hydrogens is 468 g/mol. The molecule has 3 rings (SSSR count). The first kappa shape index (κ1) is 26.2. The number of hydrogen-bond acceptors (Lipinski definition) is 5. The number of benzene rings is 2. The van der Waals surface area contributed by atoms with E-state index in [4.69, 9.17) is 16.1 Å². The van der Waals surface area contributed by atoms with Crippen LogP contribution in [0.15, 0.2) is 54.6 Å². The number of halogens is 1. The monoisotopic (exact) mass is 494 g/mol. The van der Waals surface area contributed by atoms with Crippen LogP contribution in [-0.2, 0) is 9.36 Å². The summed E-state index contributed by atoms with van der Waals surface area (Å²) in [5.41, 5.74) is 2.15. The van der Waals surface area contributed by atoms with E-state index in [-0.39, 0.29) is 17.5 Å². The Bertz CT molecular complexity index is 1290. The van der Waals surface area contributed by atoms with Crippen LogP contribution in [0.25, 0.3) is 22.4 Å². The second-order valence-electron chi connectivity index (χ2n) is 8.41. The standard InChI is InChI=1S/C27H25FNO5P/c1-5-24(35(32)33)23(30)15-25(31)34-27-20(19-11-12-21(28)17(4)13-19)14-22(29-26(27)16(2)3)18-9-7-6-8-10-18/h1,6-14,16,23-24,30H,15H2,2-4H3/p+1. The minimum Gasteiger partial charge on any atom is -0.424 e. The number of aromatic nitrogens is 1. The Hall–Kier alpha value is -3.43. The SMILES string of the molecule is C#CC(C(O)CC(=O)Oc1c(-c2ccc(F)c(C)c2)cc(-c2ccccc2)nc1C(C)C)[P+](=O)O. The van der Waals surface area contributed by atoms with Crippen LogP contribution >= 0.6 is 8.03 Å². The zero-order chi connectivity index (χ0) is 25.7. The number of rotatable bonds is 8. The minimum absolute atomic E-state index is 0.156. The molecule has 0 aliphatic rings. The molecule has 3 unspecified atom stereocenters. The first-order valence-corrected chi connectivity index (χ1v) is 12.3. The van der Waals surface area contributed by atoms with E-state index in [0.717, 1.165) is 5.56 Å². The van der Waals surface area contributed by atoms with Gasteiger partial charge >= 0.3 is 14.0 Å². The smallest absolute Gasteiger partial charge is 0.424 e. The zero-order valence-corrected chi connectivity index (χ0v) is 20.5. The summed E-state index contributed by atoms with van der Waals surface area (Å²) in [6, 6.07) is 15.8. The van der Waals surface area contributed by atoms with Gasteiger partial charge in [-0.25, -0.2) is 9.37 Å². The van der Waals surface area contributed by atoms with Gasteiger partial charge in [0.25, 0.3) is 5.66 Å². The van der Waals surface area contributed by atoms with Crippen LogP contribution in [0.1, 0.15) is 37.4 Å². The van der Waals surface area contributed by atoms with Gasteiger partial charge in [0.1, 0.15) is 11.9 Å². The topological polar surface area (TPSA) is 96.7 Å². The number of aliphatic hydroxyl groups is 1. The number of aryl methyl sites for hydroxylation is 1. The molecular formula is C27H26FNO5P+. The molecule has 8 heteroatoms. The Balaban J connectivity index is 2.13. The number of hydrogen-bond donors (Lipinski definition) is 2. The highest BCUT2D eigenvalue weighted by Gasteiger charge is 2.37. The molecule has 3 atom stereocenters. The van der Waals surface area contributed by atoms with E-state index in [1.165, 1.54) is 6.07 Å². The van der Waals surface area contributed by atoms with Crippen molar-refractivity contribution in [2.75, 3.05) is 0 Å². The Morgan fingerprint density at radius 1 is 1.17 bits per heavy atom. The van der Waals surface area contributed by atoms with Gasteiger partial charge in [-0.2, -0.15) is 4.89 Å². The van der Waals surface area contributed by atoms with Gasteiger partial charge in [-0.05, 0) is 52.7 Å². The normalized spacial score (nSPS) is 13.1. The van der Waals surface area contributed by atoms with Crippen LogP contribution in [0.3, 0.4) is 0 Å². The summed E-state index contributed by atoms with van der Waals surface area (Å²) in [4.78, 5) is 26.8. The lowest BCUT2D eigenvalue weighted by Crippen LogP contribution is -2.27. The number of carbonyl (C=O) groups excluding carboxylic acids is 1. The summed E-state index contributed by atoms with van der Waals surface area (Å²) in [7, 11) is -2.88. The molecule has 1 aromatic heterocycles. The fraction of sp³-hybridized carbons (Fsp3) is 0.259. The number of terminal acetylenes is 1. The molecule has 0 fully saturated rings. The van der Waals surface area contributed by atoms with Crippen molar-refractivity contribution in [2.24, 2.45) is 0 Å². The third kappa shape index (κ3) is 6.17. The predicted octanol–water partition coefficient (Wildman–Crippen LogP) is 5.38. The maximum Gasteiger partial charge on any atom is 0.524 e. The molecule has 0 aliphatic carbocycles. The quantitative estimate of drug-likeness (QED) is 0.248. The summed E-state index contributed by atoms with van der Waals surface area (Å²) in [6.45, 7) is 5.43. The molecule has 0 amide bonds. The minimum atomic E-state index is -2.88. The molecule has 6 nitrogen and oxygen atoms in total. The molecule has 0 saturated carbocycles. The Kier molecular flexibility index (Phi) is 8.48. The second kappa shape index (κ2) is 11.3. The lowest BCUT2D eigenvalue weighted by atomic mass is 9.96. The lowest BCUT2D eigenvalue weighted by molar-refractivity contribution is -0.136. The van der Waals surface area contributed by atoms with Crippen molar-refractivity contribution in [1.29, 1.82) is 0 Å². The molecule has 1 heterocycles. The number of nitrogens with zero attached hydrogens (tertiary/aromatic N) is 1. The van der Waals surface area contributed by atoms with E-state index in [1.54, 1.807) is 25.1 Å². The summed E-state index contributed by atoms with van der Waals surface area (Å²) < 4.78 is 31.1. The maximum absolute atomic E-state index is 14.0. The summed E-state index contributed by atoms with van der Waals surface area (Å²) in [6.07, 6.45) is 3.07. The van der Waals surface area contributed by atoms with Crippen molar-refractivity contribution in [3.8, 4) is 40.5 Å². The largest absolute Gasteiger partial charge is 0.524 e. The average molecular weight is 494 g/mol. The van der Waals surface area contributed by atoms with Crippen LogP contribution < -0.4 is 4.74 Å². The first-order chi connectivity index (χ1) is 16.6. The van der Waals surface area contributed by atoms with Gasteiger partial charge in [0.05, 0.1) is 17.8 Å². The van der Waals surface area contributed by atoms with Gasteiger partial charge < -0.3 is 9.84 Å². The highest BCUT2D eigenvalue weighted by Crippen LogP contribution is 2.40. The molecule has 0 bridgehead atoms. The third-order valence-electron chi connectivity index (χ3n) is 5.45. The number of pyridine rings is 1. The number of aliphatic hydroxyl groups excluding tert-OH is 1. The van der Waals surface area contributed by atoms with Crippen molar-refractivity contribution in [3.05, 3.63) is 71.7 Å². The molecule has 35 heavy (non-hydrogen) atoms. The average Bonchev–Trinajstić information content (AvgIpc) is 2.81. The van der Waals surface area contributed by atoms with E-state index >= 15 is 0 Å². The molecule has 0 aliphatic heterocycles. The van der Waals surface area contributed by atoms with Crippen molar-refractivity contribution >= 4 is 14.0 Å². The summed E-state index contributed by atoms with van der Waals surface area (Å²) in [5.74, 6) is 0.847. The Morgan fingerprint density at radius 3 is 2.43 bits per heavy atom. The molecule has 2 aromatic carbocycles. The van der Waals surface area contributed by atoms with Gasteiger partial charge in [0.15, 0.2) is 5.75 Å². The highest BCUT2D eigenvalue weighted by atomic mass is 31.1. The van der Waals surface area contributed by atoms with E-state index < -0.39 is 32.2 Å². The second-order valence-corrected chi connectivity index (χ2v) is 9.58. The van der Waals surface area contributed by atoms with Gasteiger partial charge in [-0.1, -0.05) is 50.2 Å². The van der Waals surface area contributed by atoms with E-state index in [1.807, 2.05) is 50.1 Å². The Labute approximate surface area is 204 Å². The van der Waals surface area contributed by atoms with Crippen LogP contribution in [-0.4, -0.2) is 32.7 Å². The molecule has 0 spiro atoms. The van der Waals surface area contributed by atoms with Crippen molar-refractivity contribution in [1.82, 2.24) is 4.98 Å². The lowest BCUT2D eigenvalue weighted by Gasteiger charge is -2.19. The number of carbonyl (C=O) groups is 1. The van der Waals surface area contributed by atoms with Crippen molar-refractivity contribution in [3.63, 3.8) is 0 Å². The van der Waals surface area contributed by atoms with Crippen LogP contribution in [0, 0.1) is 25.1 Å². The van der Waals surface area contributed by atoms with E-state index in [9.17, 15) is 23.7 Å². The van der Waals surface area contributed by atoms with E-state index in [0.29, 0.717) is 28.1 Å². The zero-order valence-electron chi connectivity index (χ0n) is 19.6. The predicted molar refractivity (Wildman–Crippen MR) is 133 cm³/mol. The van der Waals surface area contributed by atoms with Crippen LogP contribution in [0.2, 0.25) is 0 Å². The molecule has 2 N–H and O–H groups in total. The van der Waals surface area contributed by atoms with Gasteiger partial charge in [-0.3, -0.25) is 4.79 Å². The van der Waals surface area contributed by atoms with Gasteiger partial charge in [0.2, 0.25) is 0 Å². The first-order valence-electron chi connectivity index (χ1n) is 11.0. The van der Waals surface area contributed by atoms with Crippen molar-refractivity contribution in [2.45, 2.75) is 44.9 Å². The fourth-order valence-corrected chi connectivity index (χ4v) is 4.12. The van der Waals surface area contributed by atoms with Gasteiger partial charge in [-0.15, -0.1) is 6.42 Å². The van der Waals surface area contributed by atoms with Crippen molar-refractivity contribution < 1.29 is 28.5 Å². The van der Waals surface area contributed by atoms with Crippen LogP contribution in [0.4, 0.5) is 4.39 Å². The molecule has 0 saturated heterocycles. The fourth-order valence-electron chi connectivity index (χ4n) is 3.59. The number of ether oxygens (including phenoxy) is 1. The number of esters is 1. The van der Waals surface area contributed by atoms with E-state index in [2.05, 4.69) is 0 Å². The summed E-state index contributed by atoms with van der Waals surface area (Å²) >= 11 is 0. The highest BCUT2D eigenvalue weighted by molar-refractivity contribution is 7.39. The van der Waals surface area contributed by atoms with Gasteiger partial charge in [0, 0.05) is 11.1 Å². The molecule has 180 valence electrons. The third-order valence-corrected chi connectivity index (χ3v) is 6.42. The maximum atomic E-state index is 14.0. The van der Waals surface area contributed by atoms with Crippen LogP contribution in [0.5, 0.6) is 5.75 Å².